The maximum atomic E-state index is 9.07. The molecule has 0 aliphatic rings. The van der Waals surface area contributed by atoms with Gasteiger partial charge in [0, 0.05) is 6.42 Å². The predicted molar refractivity (Wildman–Crippen MR) is 69.0 cm³/mol. The first kappa shape index (κ1) is 13.5. The molecule has 0 saturated carbocycles. The highest BCUT2D eigenvalue weighted by Crippen LogP contribution is 2.18. The van der Waals surface area contributed by atoms with E-state index in [1.54, 1.807) is 7.05 Å². The SMILES string of the molecule is CNC(C)(C#N)CC(C)Oc1ccc(C)cc1. The van der Waals surface area contributed by atoms with Gasteiger partial charge in [-0.3, -0.25) is 0 Å². The molecule has 1 rings (SSSR count). The predicted octanol–water partition coefficient (Wildman–Crippen LogP) is 2.65. The van der Waals surface area contributed by atoms with Crippen LogP contribution in [-0.2, 0) is 0 Å². The molecule has 92 valence electrons. The molecule has 0 radical (unpaired) electrons. The first-order valence-corrected chi connectivity index (χ1v) is 5.82. The Bertz CT molecular complexity index is 394. The Kier molecular flexibility index (Phi) is 4.53. The average molecular weight is 232 g/mol. The van der Waals surface area contributed by atoms with Crippen LogP contribution in [0.1, 0.15) is 25.8 Å². The topological polar surface area (TPSA) is 45.0 Å². The van der Waals surface area contributed by atoms with Crippen molar-refractivity contribution < 1.29 is 4.74 Å². The van der Waals surface area contributed by atoms with E-state index < -0.39 is 5.54 Å². The molecule has 0 spiro atoms. The minimum atomic E-state index is -0.538. The van der Waals surface area contributed by atoms with Crippen molar-refractivity contribution in [2.75, 3.05) is 7.05 Å². The Morgan fingerprint density at radius 1 is 1.41 bits per heavy atom. The van der Waals surface area contributed by atoms with E-state index in [-0.39, 0.29) is 6.10 Å². The molecular formula is C14H20N2O. The molecule has 3 nitrogen and oxygen atoms in total. The smallest absolute Gasteiger partial charge is 0.119 e. The minimum Gasteiger partial charge on any atom is -0.491 e. The van der Waals surface area contributed by atoms with Crippen LogP contribution in [0.3, 0.4) is 0 Å². The van der Waals surface area contributed by atoms with E-state index in [0.29, 0.717) is 6.42 Å². The molecule has 0 aliphatic heterocycles. The third-order valence-corrected chi connectivity index (χ3v) is 2.85. The normalized spacial score (nSPS) is 15.7. The summed E-state index contributed by atoms with van der Waals surface area (Å²) in [5.74, 6) is 0.847. The van der Waals surface area contributed by atoms with Gasteiger partial charge in [-0.15, -0.1) is 0 Å². The summed E-state index contributed by atoms with van der Waals surface area (Å²) in [4.78, 5) is 0. The Morgan fingerprint density at radius 2 is 2.00 bits per heavy atom. The van der Waals surface area contributed by atoms with Gasteiger partial charge in [0.15, 0.2) is 0 Å². The van der Waals surface area contributed by atoms with Crippen molar-refractivity contribution in [2.45, 2.75) is 38.8 Å². The van der Waals surface area contributed by atoms with Crippen LogP contribution in [0.2, 0.25) is 0 Å². The maximum Gasteiger partial charge on any atom is 0.119 e. The van der Waals surface area contributed by atoms with E-state index in [4.69, 9.17) is 10.00 Å². The highest BCUT2D eigenvalue weighted by molar-refractivity contribution is 5.26. The first-order valence-electron chi connectivity index (χ1n) is 5.82. The molecule has 2 atom stereocenters. The summed E-state index contributed by atoms with van der Waals surface area (Å²) >= 11 is 0. The molecule has 0 fully saturated rings. The second-order valence-electron chi connectivity index (χ2n) is 4.64. The maximum absolute atomic E-state index is 9.07. The van der Waals surface area contributed by atoms with Crippen LogP contribution in [0.15, 0.2) is 24.3 Å². The largest absolute Gasteiger partial charge is 0.491 e. The lowest BCUT2D eigenvalue weighted by molar-refractivity contribution is 0.182. The number of benzene rings is 1. The number of nitriles is 1. The number of rotatable bonds is 5. The van der Waals surface area contributed by atoms with Crippen molar-refractivity contribution in [1.82, 2.24) is 5.32 Å². The molecule has 0 amide bonds. The fourth-order valence-corrected chi connectivity index (χ4v) is 1.67. The third kappa shape index (κ3) is 4.08. The zero-order chi connectivity index (χ0) is 12.9. The van der Waals surface area contributed by atoms with Crippen molar-refractivity contribution >= 4 is 0 Å². The third-order valence-electron chi connectivity index (χ3n) is 2.85. The van der Waals surface area contributed by atoms with Crippen LogP contribution in [-0.4, -0.2) is 18.7 Å². The van der Waals surface area contributed by atoms with Crippen LogP contribution < -0.4 is 10.1 Å². The van der Waals surface area contributed by atoms with Gasteiger partial charge in [0.2, 0.25) is 0 Å². The molecule has 1 N–H and O–H groups in total. The molecule has 3 heteroatoms. The number of aryl methyl sites for hydroxylation is 1. The molecular weight excluding hydrogens is 212 g/mol. The van der Waals surface area contributed by atoms with Crippen molar-refractivity contribution in [3.8, 4) is 11.8 Å². The van der Waals surface area contributed by atoms with Gasteiger partial charge in [-0.2, -0.15) is 5.26 Å². The first-order chi connectivity index (χ1) is 7.99. The van der Waals surface area contributed by atoms with Crippen molar-refractivity contribution in [2.24, 2.45) is 0 Å². The zero-order valence-electron chi connectivity index (χ0n) is 10.9. The van der Waals surface area contributed by atoms with Crippen LogP contribution in [0, 0.1) is 18.3 Å². The summed E-state index contributed by atoms with van der Waals surface area (Å²) in [6.07, 6.45) is 0.642. The van der Waals surface area contributed by atoms with E-state index >= 15 is 0 Å². The standard InChI is InChI=1S/C14H20N2O/c1-11-5-7-13(8-6-11)17-12(2)9-14(3,10-15)16-4/h5-8,12,16H,9H2,1-4H3. The van der Waals surface area contributed by atoms with Crippen molar-refractivity contribution in [3.63, 3.8) is 0 Å². The molecule has 0 saturated heterocycles. The van der Waals surface area contributed by atoms with E-state index in [9.17, 15) is 0 Å². The van der Waals surface area contributed by atoms with Gasteiger partial charge in [-0.05, 0) is 40.0 Å². The number of hydrogen-bond donors (Lipinski definition) is 1. The number of nitrogens with one attached hydrogen (secondary N) is 1. The summed E-state index contributed by atoms with van der Waals surface area (Å²) in [7, 11) is 1.79. The van der Waals surface area contributed by atoms with E-state index in [2.05, 4.69) is 11.4 Å². The molecule has 1 aromatic carbocycles. The van der Waals surface area contributed by atoms with Crippen LogP contribution in [0.4, 0.5) is 0 Å². The second kappa shape index (κ2) is 5.70. The fraction of sp³-hybridized carbons (Fsp3) is 0.500. The van der Waals surface area contributed by atoms with Crippen molar-refractivity contribution in [1.29, 1.82) is 5.26 Å². The van der Waals surface area contributed by atoms with Gasteiger partial charge in [0.1, 0.15) is 11.3 Å². The molecule has 0 heterocycles. The lowest BCUT2D eigenvalue weighted by Crippen LogP contribution is -2.41. The Hall–Kier alpha value is -1.53. The van der Waals surface area contributed by atoms with E-state index in [1.807, 2.05) is 45.0 Å². The average Bonchev–Trinajstić information content (AvgIpc) is 2.32. The van der Waals surface area contributed by atoms with Gasteiger partial charge in [0.05, 0.1) is 12.2 Å². The number of ether oxygens (including phenoxy) is 1. The molecule has 0 aromatic heterocycles. The summed E-state index contributed by atoms with van der Waals surface area (Å²) in [6, 6.07) is 10.2. The van der Waals surface area contributed by atoms with Gasteiger partial charge >= 0.3 is 0 Å². The molecule has 1 aromatic rings. The highest BCUT2D eigenvalue weighted by atomic mass is 16.5. The minimum absolute atomic E-state index is 0.00481. The lowest BCUT2D eigenvalue weighted by Gasteiger charge is -2.25. The molecule has 0 bridgehead atoms. The lowest BCUT2D eigenvalue weighted by atomic mass is 9.97. The summed E-state index contributed by atoms with van der Waals surface area (Å²) in [5, 5.41) is 12.1. The monoisotopic (exact) mass is 232 g/mol. The zero-order valence-corrected chi connectivity index (χ0v) is 10.9. The van der Waals surface area contributed by atoms with Crippen LogP contribution in [0.5, 0.6) is 5.75 Å². The Morgan fingerprint density at radius 3 is 2.47 bits per heavy atom. The van der Waals surface area contributed by atoms with Gasteiger partial charge < -0.3 is 10.1 Å². The molecule has 2 unspecified atom stereocenters. The number of hydrogen-bond acceptors (Lipinski definition) is 3. The van der Waals surface area contributed by atoms with Gasteiger partial charge in [0.25, 0.3) is 0 Å². The fourth-order valence-electron chi connectivity index (χ4n) is 1.67. The molecule has 0 aliphatic carbocycles. The quantitative estimate of drug-likeness (QED) is 0.849. The van der Waals surface area contributed by atoms with E-state index in [0.717, 1.165) is 5.75 Å². The van der Waals surface area contributed by atoms with Crippen LogP contribution in [0.25, 0.3) is 0 Å². The Labute approximate surface area is 103 Å². The highest BCUT2D eigenvalue weighted by Gasteiger charge is 2.24. The Balaban J connectivity index is 2.58. The van der Waals surface area contributed by atoms with Crippen LogP contribution >= 0.6 is 0 Å². The van der Waals surface area contributed by atoms with Gasteiger partial charge in [-0.25, -0.2) is 0 Å². The second-order valence-corrected chi connectivity index (χ2v) is 4.64. The molecule has 17 heavy (non-hydrogen) atoms. The van der Waals surface area contributed by atoms with Crippen molar-refractivity contribution in [3.05, 3.63) is 29.8 Å². The van der Waals surface area contributed by atoms with E-state index in [1.165, 1.54) is 5.56 Å². The summed E-state index contributed by atoms with van der Waals surface area (Å²) in [6.45, 7) is 5.90. The number of nitrogens with zero attached hydrogens (tertiary/aromatic N) is 1. The van der Waals surface area contributed by atoms with Gasteiger partial charge in [-0.1, -0.05) is 17.7 Å². The summed E-state index contributed by atoms with van der Waals surface area (Å²) in [5.41, 5.74) is 0.673. The summed E-state index contributed by atoms with van der Waals surface area (Å²) < 4.78 is 5.78.